The summed E-state index contributed by atoms with van der Waals surface area (Å²) in [7, 11) is 2.10. The van der Waals surface area contributed by atoms with Gasteiger partial charge in [0, 0.05) is 29.5 Å². The van der Waals surface area contributed by atoms with E-state index in [1.165, 1.54) is 21.9 Å². The third-order valence-electron chi connectivity index (χ3n) is 6.07. The average molecular weight is 431 g/mol. The molecule has 1 saturated carbocycles. The minimum Gasteiger partial charge on any atom is -0.302 e. The van der Waals surface area contributed by atoms with Crippen LogP contribution in [-0.4, -0.2) is 43.7 Å². The minimum absolute atomic E-state index is 0.235. The molecule has 1 aliphatic rings. The molecule has 0 spiro atoms. The van der Waals surface area contributed by atoms with Gasteiger partial charge < -0.3 is 4.90 Å². The molecule has 8 heteroatoms. The topological polar surface area (TPSA) is 95.6 Å². The molecule has 0 aliphatic heterocycles. The van der Waals surface area contributed by atoms with Gasteiger partial charge in [-0.3, -0.25) is 10.7 Å². The van der Waals surface area contributed by atoms with E-state index in [1.807, 2.05) is 56.3 Å². The number of aryl methyl sites for hydroxylation is 2. The fraction of sp³-hybridized carbons (Fsp3) is 0.333. The van der Waals surface area contributed by atoms with Crippen LogP contribution in [0.1, 0.15) is 24.2 Å². The zero-order valence-corrected chi connectivity index (χ0v) is 18.7. The number of nitrogens with two attached hydrogens (primary N) is 1. The molecule has 1 aromatic carbocycles. The highest BCUT2D eigenvalue weighted by atomic mass is 16.2. The minimum atomic E-state index is -0.235. The number of pyridine rings is 1. The van der Waals surface area contributed by atoms with E-state index in [1.54, 1.807) is 0 Å². The summed E-state index contributed by atoms with van der Waals surface area (Å²) in [4.78, 5) is 23.3. The van der Waals surface area contributed by atoms with Gasteiger partial charge in [-0.1, -0.05) is 30.3 Å². The molecule has 0 atom stereocenters. The van der Waals surface area contributed by atoms with E-state index in [0.29, 0.717) is 18.2 Å². The highest BCUT2D eigenvalue weighted by Gasteiger charge is 2.28. The summed E-state index contributed by atoms with van der Waals surface area (Å²) in [6.45, 7) is 5.22. The molecule has 5 rings (SSSR count). The lowest BCUT2D eigenvalue weighted by molar-refractivity contribution is -0.351. The summed E-state index contributed by atoms with van der Waals surface area (Å²) in [6.07, 6.45) is 2.45. The van der Waals surface area contributed by atoms with Crippen LogP contribution in [0.25, 0.3) is 28.0 Å². The van der Waals surface area contributed by atoms with Crippen LogP contribution in [-0.2, 0) is 6.54 Å². The molecule has 4 aromatic rings. The van der Waals surface area contributed by atoms with E-state index in [0.717, 1.165) is 40.3 Å². The van der Waals surface area contributed by atoms with Gasteiger partial charge in [-0.25, -0.2) is 9.78 Å². The summed E-state index contributed by atoms with van der Waals surface area (Å²) in [5.41, 5.74) is 12.1. The summed E-state index contributed by atoms with van der Waals surface area (Å²) in [5.74, 6) is 0.261. The zero-order valence-electron chi connectivity index (χ0n) is 18.7. The van der Waals surface area contributed by atoms with Gasteiger partial charge in [0.15, 0.2) is 0 Å². The van der Waals surface area contributed by atoms with E-state index in [-0.39, 0.29) is 11.6 Å². The van der Waals surface area contributed by atoms with Crippen molar-refractivity contribution in [2.45, 2.75) is 39.3 Å². The molecule has 8 nitrogen and oxygen atoms in total. The van der Waals surface area contributed by atoms with Crippen LogP contribution in [0.2, 0.25) is 0 Å². The van der Waals surface area contributed by atoms with Crippen LogP contribution >= 0.6 is 0 Å². The van der Waals surface area contributed by atoms with E-state index in [2.05, 4.69) is 21.9 Å². The Morgan fingerprint density at radius 1 is 1.12 bits per heavy atom. The van der Waals surface area contributed by atoms with Gasteiger partial charge in [0.25, 0.3) is 0 Å². The monoisotopic (exact) mass is 430 g/mol. The number of rotatable bonds is 6. The number of aromatic amines is 1. The molecule has 164 valence electrons. The van der Waals surface area contributed by atoms with Crippen LogP contribution in [0.5, 0.6) is 0 Å². The van der Waals surface area contributed by atoms with Crippen molar-refractivity contribution < 1.29 is 4.98 Å². The van der Waals surface area contributed by atoms with Gasteiger partial charge in [-0.2, -0.15) is 4.68 Å². The molecule has 3 heterocycles. The van der Waals surface area contributed by atoms with Gasteiger partial charge in [-0.05, 0) is 51.4 Å². The first-order chi connectivity index (χ1) is 15.4. The number of nitrogens with zero attached hydrogens (tertiary/aromatic N) is 5. The van der Waals surface area contributed by atoms with Crippen molar-refractivity contribution in [3.63, 3.8) is 0 Å². The Bertz CT molecular complexity index is 1330. The second kappa shape index (κ2) is 7.87. The molecule has 0 bridgehead atoms. The van der Waals surface area contributed by atoms with E-state index >= 15 is 0 Å². The Balaban J connectivity index is 1.73. The number of hydrogen-bond acceptors (Lipinski definition) is 5. The van der Waals surface area contributed by atoms with Crippen molar-refractivity contribution in [2.24, 2.45) is 0 Å². The van der Waals surface area contributed by atoms with E-state index in [4.69, 9.17) is 10.8 Å². The molecular formula is C24H28N7O+. The Kier molecular flexibility index (Phi) is 5.01. The Hall–Kier alpha value is -3.52. The third-order valence-corrected chi connectivity index (χ3v) is 6.07. The molecule has 0 amide bonds. The summed E-state index contributed by atoms with van der Waals surface area (Å²) >= 11 is 0. The maximum Gasteiger partial charge on any atom is 0.411 e. The number of aromatic nitrogens is 5. The number of fused-ring (bicyclic) bond motifs is 1. The summed E-state index contributed by atoms with van der Waals surface area (Å²) in [6, 6.07) is 14.6. The number of nitrogens with one attached hydrogen (secondary N) is 1. The van der Waals surface area contributed by atoms with Gasteiger partial charge in [0.05, 0.1) is 12.1 Å². The quantitative estimate of drug-likeness (QED) is 0.507. The van der Waals surface area contributed by atoms with Crippen LogP contribution < -0.4 is 16.4 Å². The van der Waals surface area contributed by atoms with Crippen molar-refractivity contribution >= 4 is 11.6 Å². The first kappa shape index (κ1) is 20.4. The predicted molar refractivity (Wildman–Crippen MR) is 124 cm³/mol. The van der Waals surface area contributed by atoms with Crippen molar-refractivity contribution in [1.82, 2.24) is 24.1 Å². The van der Waals surface area contributed by atoms with Crippen LogP contribution in [0, 0.1) is 13.8 Å². The first-order valence-electron chi connectivity index (χ1n) is 11.0. The zero-order chi connectivity index (χ0) is 22.4. The van der Waals surface area contributed by atoms with Crippen molar-refractivity contribution in [3.05, 3.63) is 64.3 Å². The molecule has 1 aliphatic carbocycles. The molecule has 32 heavy (non-hydrogen) atoms. The largest absolute Gasteiger partial charge is 0.411 e. The third kappa shape index (κ3) is 3.67. The number of hydrogen-bond donors (Lipinski definition) is 1. The van der Waals surface area contributed by atoms with Gasteiger partial charge in [0.2, 0.25) is 5.65 Å². The van der Waals surface area contributed by atoms with E-state index in [9.17, 15) is 4.79 Å². The van der Waals surface area contributed by atoms with Crippen molar-refractivity contribution in [3.8, 4) is 22.4 Å². The number of H-pyrrole nitrogens is 1. The first-order valence-corrected chi connectivity index (χ1v) is 11.0. The van der Waals surface area contributed by atoms with Crippen LogP contribution in [0.4, 0.5) is 5.95 Å². The fourth-order valence-corrected chi connectivity index (χ4v) is 4.31. The highest BCUT2D eigenvalue weighted by Crippen LogP contribution is 2.33. The molecule has 0 radical (unpaired) electrons. The van der Waals surface area contributed by atoms with Crippen LogP contribution in [0.15, 0.2) is 47.3 Å². The molecule has 1 fully saturated rings. The molecular weight excluding hydrogens is 402 g/mol. The lowest BCUT2D eigenvalue weighted by Crippen LogP contribution is -2.31. The molecule has 3 aromatic heterocycles. The lowest BCUT2D eigenvalue weighted by atomic mass is 9.99. The Morgan fingerprint density at radius 3 is 2.47 bits per heavy atom. The lowest BCUT2D eigenvalue weighted by Gasteiger charge is -2.14. The van der Waals surface area contributed by atoms with E-state index < -0.39 is 0 Å². The smallest absolute Gasteiger partial charge is 0.302 e. The highest BCUT2D eigenvalue weighted by molar-refractivity contribution is 5.88. The maximum atomic E-state index is 13.2. The Labute approximate surface area is 186 Å². The molecule has 0 unspecified atom stereocenters. The second-order valence-corrected chi connectivity index (χ2v) is 8.64. The van der Waals surface area contributed by atoms with Crippen molar-refractivity contribution in [2.75, 3.05) is 19.3 Å². The SMILES string of the molecule is Cc1cc(-c2c(-c3ccccc3)[nH+]c(N)n3c(=O)n(CCN(C)C4CC4)nc23)cc(C)n1. The number of benzene rings is 1. The van der Waals surface area contributed by atoms with Crippen molar-refractivity contribution in [1.29, 1.82) is 0 Å². The van der Waals surface area contributed by atoms with Gasteiger partial charge in [-0.15, -0.1) is 9.50 Å². The van der Waals surface area contributed by atoms with Gasteiger partial charge in [0.1, 0.15) is 5.69 Å². The Morgan fingerprint density at radius 2 is 1.81 bits per heavy atom. The molecule has 0 saturated heterocycles. The average Bonchev–Trinajstić information content (AvgIpc) is 3.56. The molecule has 3 N–H and O–H groups in total. The number of anilines is 1. The standard InChI is InChI=1S/C24H27N7O/c1-15-13-18(14-16(2)26-15)20-21(17-7-5-4-6-8-17)27-23(25)31-22(20)28-30(24(31)32)12-11-29(3)19-9-10-19/h4-8,13-14,19H,9-12H2,1-3H3,(H2,25,27)/p+1. The predicted octanol–water partition coefficient (Wildman–Crippen LogP) is 2.33. The summed E-state index contributed by atoms with van der Waals surface area (Å²) < 4.78 is 3.00. The normalized spacial score (nSPS) is 13.9. The fourth-order valence-electron chi connectivity index (χ4n) is 4.31. The maximum absolute atomic E-state index is 13.2. The second-order valence-electron chi connectivity index (χ2n) is 8.64. The van der Waals surface area contributed by atoms with Crippen LogP contribution in [0.3, 0.4) is 0 Å². The number of nitrogen functional groups attached to an aromatic ring is 1. The number of likely N-dealkylation sites (N-methyl/N-ethyl adjacent to an activating group) is 1. The summed E-state index contributed by atoms with van der Waals surface area (Å²) in [5, 5.41) is 4.77. The van der Waals surface area contributed by atoms with Gasteiger partial charge >= 0.3 is 11.6 Å².